The smallest absolute Gasteiger partial charge is 0.0737 e. The minimum atomic E-state index is 0.342. The van der Waals surface area contributed by atoms with Crippen molar-refractivity contribution in [2.24, 2.45) is 0 Å². The maximum Gasteiger partial charge on any atom is 0.0737 e. The fourth-order valence-corrected chi connectivity index (χ4v) is 3.62. The first kappa shape index (κ1) is 11.2. The van der Waals surface area contributed by atoms with Gasteiger partial charge in [-0.15, -0.1) is 0 Å². The summed E-state index contributed by atoms with van der Waals surface area (Å²) in [5.41, 5.74) is 2.95. The van der Waals surface area contributed by atoms with E-state index in [1.165, 1.54) is 11.1 Å². The maximum absolute atomic E-state index is 5.97. The van der Waals surface area contributed by atoms with Gasteiger partial charge in [0.2, 0.25) is 0 Å². The first-order valence-electron chi connectivity index (χ1n) is 6.68. The minimum Gasteiger partial charge on any atom is -0.378 e. The molecule has 2 aliphatic carbocycles. The van der Waals surface area contributed by atoms with E-state index >= 15 is 0 Å². The Hall–Kier alpha value is -0.860. The molecule has 0 saturated heterocycles. The molecule has 17 heavy (non-hydrogen) atoms. The number of benzene rings is 1. The Labute approximate surface area is 103 Å². The average molecular weight is 232 g/mol. The molecule has 2 bridgehead atoms. The van der Waals surface area contributed by atoms with Gasteiger partial charge in [0.05, 0.1) is 12.2 Å². The quantitative estimate of drug-likeness (QED) is 0.794. The van der Waals surface area contributed by atoms with Gasteiger partial charge in [-0.3, -0.25) is 0 Å². The molecule has 0 spiro atoms. The van der Waals surface area contributed by atoms with Gasteiger partial charge in [-0.2, -0.15) is 0 Å². The van der Waals surface area contributed by atoms with Gasteiger partial charge in [0.25, 0.3) is 0 Å². The summed E-state index contributed by atoms with van der Waals surface area (Å²) < 4.78 is 11.9. The molecule has 3 rings (SSSR count). The van der Waals surface area contributed by atoms with E-state index in [1.54, 1.807) is 0 Å². The molecule has 2 aliphatic rings. The van der Waals surface area contributed by atoms with E-state index in [0.717, 1.165) is 19.6 Å². The molecule has 0 amide bonds. The summed E-state index contributed by atoms with van der Waals surface area (Å²) in [4.78, 5) is 0. The highest BCUT2D eigenvalue weighted by atomic mass is 16.5. The second-order valence-electron chi connectivity index (χ2n) is 4.91. The molecule has 0 aliphatic heterocycles. The van der Waals surface area contributed by atoms with E-state index in [1.807, 2.05) is 0 Å². The Balaban J connectivity index is 1.94. The van der Waals surface area contributed by atoms with Gasteiger partial charge in [0.1, 0.15) is 0 Å². The normalized spacial score (nSPS) is 34.0. The standard InChI is InChI=1S/C15H20O2/c1-3-16-13-9-12-10-7-5-6-8-11(10)14(13)15(12)17-4-2/h5-8,12-15H,3-4,9H2,1-2H3/t12-,13+,14-,15+/m1/s1. The van der Waals surface area contributed by atoms with Gasteiger partial charge >= 0.3 is 0 Å². The van der Waals surface area contributed by atoms with Crippen molar-refractivity contribution in [1.29, 1.82) is 0 Å². The molecule has 4 atom stereocenters. The summed E-state index contributed by atoms with van der Waals surface area (Å²) >= 11 is 0. The fraction of sp³-hybridized carbons (Fsp3) is 0.600. The third-order valence-electron chi connectivity index (χ3n) is 4.13. The van der Waals surface area contributed by atoms with Gasteiger partial charge in [-0.05, 0) is 31.4 Å². The van der Waals surface area contributed by atoms with Crippen LogP contribution in [0.3, 0.4) is 0 Å². The Morgan fingerprint density at radius 1 is 1.06 bits per heavy atom. The number of rotatable bonds is 4. The number of hydrogen-bond donors (Lipinski definition) is 0. The van der Waals surface area contributed by atoms with Crippen molar-refractivity contribution in [3.05, 3.63) is 35.4 Å². The summed E-state index contributed by atoms with van der Waals surface area (Å²) in [6.45, 7) is 5.76. The third kappa shape index (κ3) is 1.62. The molecule has 1 aromatic carbocycles. The van der Waals surface area contributed by atoms with E-state index in [9.17, 15) is 0 Å². The predicted octanol–water partition coefficient (Wildman–Crippen LogP) is 3.08. The lowest BCUT2D eigenvalue weighted by molar-refractivity contribution is 0.0138. The lowest BCUT2D eigenvalue weighted by Gasteiger charge is -2.24. The van der Waals surface area contributed by atoms with Crippen molar-refractivity contribution < 1.29 is 9.47 Å². The van der Waals surface area contributed by atoms with Crippen LogP contribution in [0, 0.1) is 0 Å². The Morgan fingerprint density at radius 3 is 2.47 bits per heavy atom. The van der Waals surface area contributed by atoms with Crippen LogP contribution in [0.5, 0.6) is 0 Å². The lowest BCUT2D eigenvalue weighted by Crippen LogP contribution is -2.23. The van der Waals surface area contributed by atoms with Crippen molar-refractivity contribution in [1.82, 2.24) is 0 Å². The first-order valence-corrected chi connectivity index (χ1v) is 6.68. The SMILES string of the molecule is CCO[C@@H]1[C@@H]2c3ccccc3[C@H]1C[C@@H]2OCC. The van der Waals surface area contributed by atoms with Crippen LogP contribution in [0.2, 0.25) is 0 Å². The lowest BCUT2D eigenvalue weighted by atomic mass is 9.90. The Morgan fingerprint density at radius 2 is 1.76 bits per heavy atom. The predicted molar refractivity (Wildman–Crippen MR) is 67.4 cm³/mol. The van der Waals surface area contributed by atoms with Crippen LogP contribution >= 0.6 is 0 Å². The molecule has 1 aromatic rings. The van der Waals surface area contributed by atoms with E-state index in [-0.39, 0.29) is 0 Å². The molecule has 0 radical (unpaired) electrons. The van der Waals surface area contributed by atoms with Gasteiger partial charge in [-0.1, -0.05) is 24.3 Å². The molecular weight excluding hydrogens is 212 g/mol. The van der Waals surface area contributed by atoms with Crippen LogP contribution in [-0.2, 0) is 9.47 Å². The van der Waals surface area contributed by atoms with Gasteiger partial charge < -0.3 is 9.47 Å². The monoisotopic (exact) mass is 232 g/mol. The summed E-state index contributed by atoms with van der Waals surface area (Å²) in [5, 5.41) is 0. The summed E-state index contributed by atoms with van der Waals surface area (Å²) in [7, 11) is 0. The molecule has 1 saturated carbocycles. The van der Waals surface area contributed by atoms with Crippen molar-refractivity contribution >= 4 is 0 Å². The highest BCUT2D eigenvalue weighted by Crippen LogP contribution is 2.55. The molecular formula is C15H20O2. The number of ether oxygens (including phenoxy) is 2. The Kier molecular flexibility index (Phi) is 2.93. The zero-order valence-corrected chi connectivity index (χ0v) is 10.6. The zero-order chi connectivity index (χ0) is 11.8. The number of fused-ring (bicyclic) bond motifs is 5. The van der Waals surface area contributed by atoms with Crippen LogP contribution in [0.25, 0.3) is 0 Å². The largest absolute Gasteiger partial charge is 0.378 e. The average Bonchev–Trinajstić information content (AvgIpc) is 2.83. The molecule has 0 aromatic heterocycles. The van der Waals surface area contributed by atoms with Gasteiger partial charge in [0, 0.05) is 25.0 Å². The molecule has 0 heterocycles. The number of hydrogen-bond acceptors (Lipinski definition) is 2. The van der Waals surface area contributed by atoms with E-state index in [4.69, 9.17) is 9.47 Å². The van der Waals surface area contributed by atoms with Gasteiger partial charge in [0.15, 0.2) is 0 Å². The third-order valence-corrected chi connectivity index (χ3v) is 4.13. The van der Waals surface area contributed by atoms with Crippen molar-refractivity contribution in [3.63, 3.8) is 0 Å². The second kappa shape index (κ2) is 4.43. The van der Waals surface area contributed by atoms with Crippen LogP contribution in [0.4, 0.5) is 0 Å². The van der Waals surface area contributed by atoms with Crippen LogP contribution in [0.1, 0.15) is 43.2 Å². The van der Waals surface area contributed by atoms with Gasteiger partial charge in [-0.25, -0.2) is 0 Å². The Bertz CT molecular complexity index is 402. The highest BCUT2D eigenvalue weighted by Gasteiger charge is 2.52. The molecule has 0 N–H and O–H groups in total. The van der Waals surface area contributed by atoms with E-state index < -0.39 is 0 Å². The molecule has 2 heteroatoms. The summed E-state index contributed by atoms with van der Waals surface area (Å²) in [5.74, 6) is 1.00. The van der Waals surface area contributed by atoms with Crippen LogP contribution < -0.4 is 0 Å². The summed E-state index contributed by atoms with van der Waals surface area (Å²) in [6.07, 6.45) is 1.82. The van der Waals surface area contributed by atoms with E-state index in [0.29, 0.717) is 24.0 Å². The molecule has 2 nitrogen and oxygen atoms in total. The van der Waals surface area contributed by atoms with Crippen LogP contribution in [-0.4, -0.2) is 25.4 Å². The topological polar surface area (TPSA) is 18.5 Å². The molecule has 92 valence electrons. The molecule has 1 fully saturated rings. The minimum absolute atomic E-state index is 0.342. The fourth-order valence-electron chi connectivity index (χ4n) is 3.62. The maximum atomic E-state index is 5.97. The van der Waals surface area contributed by atoms with Crippen molar-refractivity contribution in [3.8, 4) is 0 Å². The first-order chi connectivity index (χ1) is 8.36. The van der Waals surface area contributed by atoms with Crippen molar-refractivity contribution in [2.45, 2.75) is 44.3 Å². The zero-order valence-electron chi connectivity index (χ0n) is 10.6. The summed E-state index contributed by atoms with van der Waals surface area (Å²) in [6, 6.07) is 8.77. The second-order valence-corrected chi connectivity index (χ2v) is 4.91. The van der Waals surface area contributed by atoms with Crippen LogP contribution in [0.15, 0.2) is 24.3 Å². The van der Waals surface area contributed by atoms with Crippen molar-refractivity contribution in [2.75, 3.05) is 13.2 Å². The van der Waals surface area contributed by atoms with E-state index in [2.05, 4.69) is 38.1 Å². The highest BCUT2D eigenvalue weighted by molar-refractivity contribution is 5.45. The molecule has 0 unspecified atom stereocenters.